The standard InChI is InChI=1S/C32H26FN11/c33-22-5-8-25(38-18-22)27-19-39-26-16-28(24-2-1-10-37-31(24)35)44(32(26)40-27)23-6-3-21(4-7-23)20-42-12-14-43(15-13-42)30-9-11-36-29(17-34)41-30/h1-11,16,18-19H,12-15,20H2,(H2,35,37). The van der Waals surface area contributed by atoms with Crippen molar-refractivity contribution in [2.24, 2.45) is 0 Å². The van der Waals surface area contributed by atoms with E-state index in [-0.39, 0.29) is 5.82 Å². The average molecular weight is 584 g/mol. The molecule has 44 heavy (non-hydrogen) atoms. The second kappa shape index (κ2) is 11.5. The summed E-state index contributed by atoms with van der Waals surface area (Å²) in [5.74, 6) is 0.955. The number of halogens is 1. The zero-order chi connectivity index (χ0) is 30.0. The van der Waals surface area contributed by atoms with Crippen LogP contribution >= 0.6 is 0 Å². The maximum Gasteiger partial charge on any atom is 0.234 e. The third kappa shape index (κ3) is 5.28. The predicted molar refractivity (Wildman–Crippen MR) is 164 cm³/mol. The topological polar surface area (TPSA) is 139 Å². The van der Waals surface area contributed by atoms with Crippen molar-refractivity contribution in [2.75, 3.05) is 36.8 Å². The number of anilines is 2. The Bertz CT molecular complexity index is 1990. The Kier molecular flexibility index (Phi) is 7.05. The van der Waals surface area contributed by atoms with Crippen LogP contribution in [-0.2, 0) is 6.54 Å². The number of rotatable bonds is 6. The Balaban J connectivity index is 1.17. The first-order valence-corrected chi connectivity index (χ1v) is 14.1. The highest BCUT2D eigenvalue weighted by atomic mass is 19.1. The number of benzene rings is 1. The summed E-state index contributed by atoms with van der Waals surface area (Å²) in [5, 5.41) is 9.12. The molecule has 0 saturated carbocycles. The first-order chi connectivity index (χ1) is 21.6. The quantitative estimate of drug-likeness (QED) is 0.303. The predicted octanol–water partition coefficient (Wildman–Crippen LogP) is 4.25. The van der Waals surface area contributed by atoms with Gasteiger partial charge in [0.05, 0.1) is 23.8 Å². The Labute approximate surface area is 252 Å². The van der Waals surface area contributed by atoms with Crippen LogP contribution in [0, 0.1) is 17.1 Å². The van der Waals surface area contributed by atoms with Crippen LogP contribution in [0.25, 0.3) is 39.5 Å². The zero-order valence-corrected chi connectivity index (χ0v) is 23.5. The molecule has 0 radical (unpaired) electrons. The van der Waals surface area contributed by atoms with Gasteiger partial charge >= 0.3 is 0 Å². The van der Waals surface area contributed by atoms with E-state index in [0.717, 1.165) is 55.5 Å². The highest BCUT2D eigenvalue weighted by Gasteiger charge is 2.20. The van der Waals surface area contributed by atoms with E-state index in [1.165, 1.54) is 17.8 Å². The van der Waals surface area contributed by atoms with E-state index in [2.05, 4.69) is 59.0 Å². The number of piperazine rings is 1. The summed E-state index contributed by atoms with van der Waals surface area (Å²) < 4.78 is 15.5. The summed E-state index contributed by atoms with van der Waals surface area (Å²) in [4.78, 5) is 30.9. The van der Waals surface area contributed by atoms with Crippen molar-refractivity contribution in [2.45, 2.75) is 6.54 Å². The lowest BCUT2D eigenvalue weighted by Gasteiger charge is -2.35. The van der Waals surface area contributed by atoms with E-state index in [1.54, 1.807) is 24.7 Å². The summed E-state index contributed by atoms with van der Waals surface area (Å²) in [6.07, 6.45) is 6.09. The minimum absolute atomic E-state index is 0.184. The number of hydrogen-bond donors (Lipinski definition) is 1. The fraction of sp³-hybridized carbons (Fsp3) is 0.156. The molecule has 1 aromatic carbocycles. The van der Waals surface area contributed by atoms with E-state index < -0.39 is 5.82 Å². The normalized spacial score (nSPS) is 13.7. The maximum atomic E-state index is 13.5. The molecular weight excluding hydrogens is 557 g/mol. The number of nitriles is 1. The van der Waals surface area contributed by atoms with Gasteiger partial charge in [-0.3, -0.25) is 19.4 Å². The van der Waals surface area contributed by atoms with Gasteiger partial charge in [-0.15, -0.1) is 0 Å². The average Bonchev–Trinajstić information content (AvgIpc) is 3.44. The summed E-state index contributed by atoms with van der Waals surface area (Å²) in [6, 6.07) is 20.9. The minimum atomic E-state index is -0.414. The molecule has 12 heteroatoms. The molecule has 6 aromatic rings. The van der Waals surface area contributed by atoms with Crippen LogP contribution in [0.15, 0.2) is 85.5 Å². The van der Waals surface area contributed by atoms with Gasteiger partial charge in [0.2, 0.25) is 5.82 Å². The third-order valence-corrected chi connectivity index (χ3v) is 7.65. The molecule has 0 spiro atoms. The molecular formula is C32H26FN11. The van der Waals surface area contributed by atoms with Crippen molar-refractivity contribution in [3.63, 3.8) is 0 Å². The summed E-state index contributed by atoms with van der Waals surface area (Å²) in [6.45, 7) is 4.17. The second-order valence-corrected chi connectivity index (χ2v) is 10.4. The maximum absolute atomic E-state index is 13.5. The van der Waals surface area contributed by atoms with Crippen molar-refractivity contribution in [3.8, 4) is 34.4 Å². The fourth-order valence-corrected chi connectivity index (χ4v) is 5.43. The van der Waals surface area contributed by atoms with Gasteiger partial charge in [-0.1, -0.05) is 12.1 Å². The minimum Gasteiger partial charge on any atom is -0.383 e. The molecule has 0 amide bonds. The van der Waals surface area contributed by atoms with Crippen LogP contribution in [0.1, 0.15) is 11.4 Å². The van der Waals surface area contributed by atoms with Crippen LogP contribution in [-0.4, -0.2) is 65.5 Å². The Morgan fingerprint density at radius 2 is 1.68 bits per heavy atom. The molecule has 0 aliphatic carbocycles. The van der Waals surface area contributed by atoms with Gasteiger partial charge in [0.25, 0.3) is 0 Å². The molecule has 1 fully saturated rings. The highest BCUT2D eigenvalue weighted by Crippen LogP contribution is 2.33. The molecule has 1 saturated heterocycles. The van der Waals surface area contributed by atoms with Crippen molar-refractivity contribution >= 4 is 22.8 Å². The van der Waals surface area contributed by atoms with Crippen LogP contribution in [0.5, 0.6) is 0 Å². The van der Waals surface area contributed by atoms with E-state index in [1.807, 2.05) is 34.9 Å². The summed E-state index contributed by atoms with van der Waals surface area (Å²) >= 11 is 0. The van der Waals surface area contributed by atoms with Gasteiger partial charge in [-0.05, 0) is 54.1 Å². The van der Waals surface area contributed by atoms with Crippen molar-refractivity contribution in [1.29, 1.82) is 5.26 Å². The zero-order valence-electron chi connectivity index (χ0n) is 23.5. The largest absolute Gasteiger partial charge is 0.383 e. The number of hydrogen-bond acceptors (Lipinski definition) is 10. The molecule has 0 bridgehead atoms. The number of nitrogens with two attached hydrogens (primary N) is 1. The number of aromatic nitrogens is 7. The molecule has 0 atom stereocenters. The third-order valence-electron chi connectivity index (χ3n) is 7.65. The lowest BCUT2D eigenvalue weighted by atomic mass is 10.1. The number of nitrogens with zero attached hydrogens (tertiary/aromatic N) is 10. The van der Waals surface area contributed by atoms with Gasteiger partial charge in [0.1, 0.15) is 34.7 Å². The monoisotopic (exact) mass is 583 g/mol. The molecule has 7 rings (SSSR count). The number of fused-ring (bicyclic) bond motifs is 1. The van der Waals surface area contributed by atoms with E-state index in [9.17, 15) is 4.39 Å². The molecule has 1 aliphatic rings. The smallest absolute Gasteiger partial charge is 0.234 e. The number of pyridine rings is 2. The Morgan fingerprint density at radius 1 is 0.841 bits per heavy atom. The van der Waals surface area contributed by atoms with Crippen molar-refractivity contribution in [1.82, 2.24) is 39.4 Å². The molecule has 11 nitrogen and oxygen atoms in total. The second-order valence-electron chi connectivity index (χ2n) is 10.4. The van der Waals surface area contributed by atoms with E-state index >= 15 is 0 Å². The highest BCUT2D eigenvalue weighted by molar-refractivity contribution is 5.87. The van der Waals surface area contributed by atoms with E-state index in [0.29, 0.717) is 28.4 Å². The lowest BCUT2D eigenvalue weighted by molar-refractivity contribution is 0.249. The molecule has 216 valence electrons. The van der Waals surface area contributed by atoms with Crippen molar-refractivity contribution < 1.29 is 4.39 Å². The molecule has 0 unspecified atom stereocenters. The van der Waals surface area contributed by atoms with Gasteiger partial charge in [0.15, 0.2) is 5.65 Å². The first-order valence-electron chi connectivity index (χ1n) is 14.1. The SMILES string of the molecule is N#Cc1nccc(N2CCN(Cc3ccc(-n4c(-c5cccnc5N)cc5ncc(-c6ccc(F)cn6)nc54)cc3)CC2)n1. The molecule has 6 heterocycles. The fourth-order valence-electron chi connectivity index (χ4n) is 5.43. The summed E-state index contributed by atoms with van der Waals surface area (Å²) in [5.41, 5.74) is 12.3. The Morgan fingerprint density at radius 3 is 2.43 bits per heavy atom. The first kappa shape index (κ1) is 27.1. The van der Waals surface area contributed by atoms with Gasteiger partial charge in [-0.2, -0.15) is 5.26 Å². The van der Waals surface area contributed by atoms with Crippen LogP contribution < -0.4 is 10.6 Å². The van der Waals surface area contributed by atoms with Crippen molar-refractivity contribution in [3.05, 3.63) is 103 Å². The van der Waals surface area contributed by atoms with Gasteiger partial charge < -0.3 is 10.6 Å². The van der Waals surface area contributed by atoms with Crippen LogP contribution in [0.4, 0.5) is 16.0 Å². The lowest BCUT2D eigenvalue weighted by Crippen LogP contribution is -2.46. The van der Waals surface area contributed by atoms with Crippen LogP contribution in [0.3, 0.4) is 0 Å². The van der Waals surface area contributed by atoms with Gasteiger partial charge in [-0.25, -0.2) is 24.3 Å². The van der Waals surface area contributed by atoms with Crippen LogP contribution in [0.2, 0.25) is 0 Å². The number of nitrogen functional groups attached to an aromatic ring is 1. The molecule has 2 N–H and O–H groups in total. The molecule has 1 aliphatic heterocycles. The van der Waals surface area contributed by atoms with Gasteiger partial charge in [0, 0.05) is 56.4 Å². The molecule has 5 aromatic heterocycles. The van der Waals surface area contributed by atoms with E-state index in [4.69, 9.17) is 16.0 Å². The summed E-state index contributed by atoms with van der Waals surface area (Å²) in [7, 11) is 0. The Hall–Kier alpha value is -5.80.